The van der Waals surface area contributed by atoms with Gasteiger partial charge in [0.05, 0.1) is 11.2 Å². The second-order valence-corrected chi connectivity index (χ2v) is 7.64. The Morgan fingerprint density at radius 2 is 1.90 bits per heavy atom. The number of primary amides is 1. The van der Waals surface area contributed by atoms with Gasteiger partial charge in [-0.1, -0.05) is 32.5 Å². The van der Waals surface area contributed by atoms with Crippen molar-refractivity contribution in [1.82, 2.24) is 9.55 Å². The van der Waals surface area contributed by atoms with E-state index in [1.807, 2.05) is 25.3 Å². The number of carbonyl (C=O) groups excluding carboxylic acids is 1. The fraction of sp³-hybridized carbons (Fsp3) is 0.643. The van der Waals surface area contributed by atoms with Crippen LogP contribution in [-0.4, -0.2) is 32.3 Å². The molecule has 1 amide bonds. The summed E-state index contributed by atoms with van der Waals surface area (Å²) in [7, 11) is 0. The second-order valence-electron chi connectivity index (χ2n) is 6.69. The Hall–Kier alpha value is -1.50. The molecule has 0 bridgehead atoms. The van der Waals surface area contributed by atoms with E-state index in [0.29, 0.717) is 11.7 Å². The summed E-state index contributed by atoms with van der Waals surface area (Å²) in [5.41, 5.74) is 5.49. The minimum Gasteiger partial charge on any atom is -0.481 e. The smallest absolute Gasteiger partial charge is 0.313 e. The first-order valence-corrected chi connectivity index (χ1v) is 7.64. The van der Waals surface area contributed by atoms with E-state index >= 15 is 0 Å². The summed E-state index contributed by atoms with van der Waals surface area (Å²) < 4.78 is 1.90. The number of nitrogens with zero attached hydrogens (tertiary/aromatic N) is 2. The third-order valence-electron chi connectivity index (χ3n) is 3.13. The molecule has 0 aliphatic rings. The lowest BCUT2D eigenvalue weighted by Crippen LogP contribution is -2.36. The van der Waals surface area contributed by atoms with Gasteiger partial charge < -0.3 is 15.4 Å². The van der Waals surface area contributed by atoms with Gasteiger partial charge in [0.2, 0.25) is 5.91 Å². The van der Waals surface area contributed by atoms with Gasteiger partial charge in [-0.15, -0.1) is 0 Å². The van der Waals surface area contributed by atoms with E-state index in [1.54, 1.807) is 20.0 Å². The number of aromatic nitrogens is 2. The highest BCUT2D eigenvalue weighted by atomic mass is 32.2. The van der Waals surface area contributed by atoms with E-state index in [-0.39, 0.29) is 11.2 Å². The molecule has 0 radical (unpaired) electrons. The number of imidazole rings is 1. The third kappa shape index (κ3) is 4.49. The predicted octanol–water partition coefficient (Wildman–Crippen LogP) is 1.87. The summed E-state index contributed by atoms with van der Waals surface area (Å²) in [5, 5.41) is 9.42. The van der Waals surface area contributed by atoms with Gasteiger partial charge in [-0.05, 0) is 13.8 Å². The number of carboxylic acids is 1. The van der Waals surface area contributed by atoms with Crippen LogP contribution in [0.3, 0.4) is 0 Å². The number of carbonyl (C=O) groups is 2. The summed E-state index contributed by atoms with van der Waals surface area (Å²) in [6.45, 7) is 10.0. The zero-order chi connectivity index (χ0) is 16.4. The number of thioether (sulfide) groups is 1. The van der Waals surface area contributed by atoms with Crippen LogP contribution >= 0.6 is 11.8 Å². The molecule has 0 saturated heterocycles. The Morgan fingerprint density at radius 1 is 1.33 bits per heavy atom. The molecule has 0 fully saturated rings. The lowest BCUT2D eigenvalue weighted by atomic mass is 9.89. The van der Waals surface area contributed by atoms with Crippen molar-refractivity contribution < 1.29 is 14.7 Å². The number of rotatable bonds is 6. The van der Waals surface area contributed by atoms with Crippen molar-refractivity contribution in [3.63, 3.8) is 0 Å². The summed E-state index contributed by atoms with van der Waals surface area (Å²) in [6, 6.07) is 0. The summed E-state index contributed by atoms with van der Waals surface area (Å²) in [6.07, 6.45) is 1.74. The van der Waals surface area contributed by atoms with Crippen LogP contribution in [0.5, 0.6) is 0 Å². The molecule has 1 rings (SSSR count). The maximum atomic E-state index is 11.6. The second kappa shape index (κ2) is 6.09. The Kier molecular flexibility index (Phi) is 5.09. The molecule has 0 aliphatic heterocycles. The minimum absolute atomic E-state index is 0.0718. The molecule has 0 atom stereocenters. The molecule has 3 N–H and O–H groups in total. The Morgan fingerprint density at radius 3 is 2.33 bits per heavy atom. The van der Waals surface area contributed by atoms with Crippen molar-refractivity contribution >= 4 is 23.6 Å². The molecule has 1 heterocycles. The van der Waals surface area contributed by atoms with Crippen molar-refractivity contribution in [1.29, 1.82) is 0 Å². The summed E-state index contributed by atoms with van der Waals surface area (Å²) >= 11 is 1.14. The molecule has 0 unspecified atom stereocenters. The molecular weight excluding hydrogens is 290 g/mol. The normalized spacial score (nSPS) is 12.4. The summed E-state index contributed by atoms with van der Waals surface area (Å²) in [4.78, 5) is 26.6. The molecule has 0 aliphatic carbocycles. The van der Waals surface area contributed by atoms with Crippen molar-refractivity contribution in [3.8, 4) is 0 Å². The molecule has 118 valence electrons. The minimum atomic E-state index is -0.902. The van der Waals surface area contributed by atoms with Gasteiger partial charge in [0.1, 0.15) is 0 Å². The molecule has 0 spiro atoms. The Balaban J connectivity index is 3.20. The molecule has 7 heteroatoms. The topological polar surface area (TPSA) is 98.2 Å². The zero-order valence-corrected chi connectivity index (χ0v) is 14.0. The number of hydrogen-bond acceptors (Lipinski definition) is 4. The SMILES string of the molecule is CC(C)(Cn1c(C(C)(C)C)cnc1SCC(=O)O)C(N)=O. The maximum absolute atomic E-state index is 11.6. The predicted molar refractivity (Wildman–Crippen MR) is 82.3 cm³/mol. The monoisotopic (exact) mass is 313 g/mol. The van der Waals surface area contributed by atoms with Crippen LogP contribution in [0.2, 0.25) is 0 Å². The fourth-order valence-corrected chi connectivity index (χ4v) is 2.52. The van der Waals surface area contributed by atoms with Gasteiger partial charge in [0, 0.05) is 23.9 Å². The molecule has 0 saturated carbocycles. The number of hydrogen-bond donors (Lipinski definition) is 2. The largest absolute Gasteiger partial charge is 0.481 e. The third-order valence-corrected chi connectivity index (χ3v) is 4.11. The highest BCUT2D eigenvalue weighted by Crippen LogP contribution is 2.30. The van der Waals surface area contributed by atoms with Crippen molar-refractivity contribution in [2.45, 2.75) is 51.7 Å². The molecule has 1 aromatic rings. The van der Waals surface area contributed by atoms with E-state index in [9.17, 15) is 9.59 Å². The first-order valence-electron chi connectivity index (χ1n) is 6.65. The van der Waals surface area contributed by atoms with Crippen LogP contribution in [-0.2, 0) is 21.5 Å². The van der Waals surface area contributed by atoms with Crippen molar-refractivity contribution in [2.75, 3.05) is 5.75 Å². The lowest BCUT2D eigenvalue weighted by Gasteiger charge is -2.27. The number of aliphatic carboxylic acids is 1. The van der Waals surface area contributed by atoms with Crippen molar-refractivity contribution in [3.05, 3.63) is 11.9 Å². The maximum Gasteiger partial charge on any atom is 0.313 e. The first kappa shape index (κ1) is 17.6. The van der Waals surface area contributed by atoms with Crippen LogP contribution in [0, 0.1) is 5.41 Å². The number of nitrogens with two attached hydrogens (primary N) is 1. The van der Waals surface area contributed by atoms with E-state index in [0.717, 1.165) is 17.5 Å². The van der Waals surface area contributed by atoms with Crippen LogP contribution in [0.15, 0.2) is 11.4 Å². The van der Waals surface area contributed by atoms with Gasteiger partial charge in [-0.3, -0.25) is 9.59 Å². The van der Waals surface area contributed by atoms with Crippen LogP contribution in [0.4, 0.5) is 0 Å². The quantitative estimate of drug-likeness (QED) is 0.781. The molecule has 21 heavy (non-hydrogen) atoms. The molecule has 0 aromatic carbocycles. The van der Waals surface area contributed by atoms with E-state index in [1.165, 1.54) is 0 Å². The highest BCUT2D eigenvalue weighted by Gasteiger charge is 2.30. The van der Waals surface area contributed by atoms with Crippen LogP contribution < -0.4 is 5.73 Å². The van der Waals surface area contributed by atoms with Crippen molar-refractivity contribution in [2.24, 2.45) is 11.1 Å². The molecular formula is C14H23N3O3S. The Labute approximate surface area is 129 Å². The standard InChI is InChI=1S/C14H23N3O3S/c1-13(2,3)9-6-16-12(21-7-10(18)19)17(9)8-14(4,5)11(15)20/h6H,7-8H2,1-5H3,(H2,15,20)(H,18,19). The van der Waals surface area contributed by atoms with Gasteiger partial charge in [0.15, 0.2) is 5.16 Å². The van der Waals surface area contributed by atoms with Gasteiger partial charge >= 0.3 is 5.97 Å². The molecule has 1 aromatic heterocycles. The fourth-order valence-electron chi connectivity index (χ4n) is 1.82. The lowest BCUT2D eigenvalue weighted by molar-refractivity contribution is -0.134. The van der Waals surface area contributed by atoms with Gasteiger partial charge in [0.25, 0.3) is 0 Å². The highest BCUT2D eigenvalue weighted by molar-refractivity contribution is 7.99. The van der Waals surface area contributed by atoms with Crippen LogP contribution in [0.1, 0.15) is 40.3 Å². The first-order chi connectivity index (χ1) is 9.45. The van der Waals surface area contributed by atoms with E-state index in [4.69, 9.17) is 10.8 Å². The average molecular weight is 313 g/mol. The van der Waals surface area contributed by atoms with Gasteiger partial charge in [-0.2, -0.15) is 0 Å². The van der Waals surface area contributed by atoms with Crippen LogP contribution in [0.25, 0.3) is 0 Å². The average Bonchev–Trinajstić information content (AvgIpc) is 2.68. The molecule has 6 nitrogen and oxygen atoms in total. The number of amides is 1. The van der Waals surface area contributed by atoms with Gasteiger partial charge in [-0.25, -0.2) is 4.98 Å². The Bertz CT molecular complexity index is 544. The van der Waals surface area contributed by atoms with E-state index in [2.05, 4.69) is 4.98 Å². The van der Waals surface area contributed by atoms with E-state index < -0.39 is 17.3 Å². The number of carboxylic acid groups (broad SMARTS) is 1. The summed E-state index contributed by atoms with van der Waals surface area (Å²) in [5.74, 6) is -1.37. The zero-order valence-electron chi connectivity index (χ0n) is 13.1.